The van der Waals surface area contributed by atoms with Gasteiger partial charge in [-0.25, -0.2) is 9.18 Å². The second-order valence-electron chi connectivity index (χ2n) is 4.05. The molecular formula is C14H10Cl2FNO3. The van der Waals surface area contributed by atoms with E-state index in [4.69, 9.17) is 33.7 Å². The molecular weight excluding hydrogens is 320 g/mol. The van der Waals surface area contributed by atoms with Crippen molar-refractivity contribution in [1.82, 2.24) is 0 Å². The Bertz CT molecular complexity index is 707. The van der Waals surface area contributed by atoms with Gasteiger partial charge in [0, 0.05) is 11.8 Å². The zero-order valence-electron chi connectivity index (χ0n) is 10.8. The number of carbonyl (C=O) groups is 1. The summed E-state index contributed by atoms with van der Waals surface area (Å²) in [5, 5.41) is 0.00883. The smallest absolute Gasteiger partial charge is 0.341 e. The Morgan fingerprint density at radius 3 is 2.52 bits per heavy atom. The van der Waals surface area contributed by atoms with Crippen LogP contribution in [0.5, 0.6) is 11.5 Å². The van der Waals surface area contributed by atoms with Crippen molar-refractivity contribution < 1.29 is 18.7 Å². The number of nitrogens with two attached hydrogens (primary N) is 1. The SMILES string of the molecule is COC(=O)c1cc(N)cc(Cl)c1Oc1ccc(F)c(Cl)c1. The molecule has 0 atom stereocenters. The van der Waals surface area contributed by atoms with Crippen molar-refractivity contribution in [2.75, 3.05) is 12.8 Å². The number of ether oxygens (including phenoxy) is 2. The van der Waals surface area contributed by atoms with Gasteiger partial charge < -0.3 is 15.2 Å². The van der Waals surface area contributed by atoms with Crippen molar-refractivity contribution in [2.45, 2.75) is 0 Å². The van der Waals surface area contributed by atoms with Gasteiger partial charge in [-0.05, 0) is 24.3 Å². The first-order valence-electron chi connectivity index (χ1n) is 5.72. The van der Waals surface area contributed by atoms with Gasteiger partial charge in [0.25, 0.3) is 0 Å². The Morgan fingerprint density at radius 2 is 1.90 bits per heavy atom. The maximum absolute atomic E-state index is 13.1. The van der Waals surface area contributed by atoms with Crippen LogP contribution in [0.3, 0.4) is 0 Å². The second kappa shape index (κ2) is 6.20. The Labute approximate surface area is 130 Å². The maximum atomic E-state index is 13.1. The lowest BCUT2D eigenvalue weighted by Gasteiger charge is -2.13. The van der Waals surface area contributed by atoms with Gasteiger partial charge in [0.1, 0.15) is 17.1 Å². The first-order chi connectivity index (χ1) is 9.92. The summed E-state index contributed by atoms with van der Waals surface area (Å²) in [4.78, 5) is 11.7. The minimum Gasteiger partial charge on any atom is -0.465 e. The van der Waals surface area contributed by atoms with Crippen LogP contribution in [0.1, 0.15) is 10.4 Å². The van der Waals surface area contributed by atoms with Gasteiger partial charge in [0.2, 0.25) is 0 Å². The highest BCUT2D eigenvalue weighted by molar-refractivity contribution is 6.33. The normalized spacial score (nSPS) is 10.3. The van der Waals surface area contributed by atoms with Crippen LogP contribution in [0.2, 0.25) is 10.0 Å². The van der Waals surface area contributed by atoms with Gasteiger partial charge in [-0.3, -0.25) is 0 Å². The van der Waals surface area contributed by atoms with Crippen molar-refractivity contribution in [1.29, 1.82) is 0 Å². The molecule has 0 saturated heterocycles. The highest BCUT2D eigenvalue weighted by atomic mass is 35.5. The van der Waals surface area contributed by atoms with E-state index in [0.29, 0.717) is 0 Å². The number of anilines is 1. The molecule has 0 spiro atoms. The minimum atomic E-state index is -0.660. The zero-order valence-corrected chi connectivity index (χ0v) is 12.3. The molecule has 7 heteroatoms. The van der Waals surface area contributed by atoms with Crippen LogP contribution in [0, 0.1) is 5.82 Å². The molecule has 4 nitrogen and oxygen atoms in total. The van der Waals surface area contributed by atoms with Crippen molar-refractivity contribution in [3.8, 4) is 11.5 Å². The van der Waals surface area contributed by atoms with Crippen LogP contribution in [0.4, 0.5) is 10.1 Å². The summed E-state index contributed by atoms with van der Waals surface area (Å²) in [6, 6.07) is 6.56. The summed E-state index contributed by atoms with van der Waals surface area (Å²) >= 11 is 11.7. The average Bonchev–Trinajstić information content (AvgIpc) is 2.44. The molecule has 0 aliphatic carbocycles. The lowest BCUT2D eigenvalue weighted by molar-refractivity contribution is 0.0598. The number of benzene rings is 2. The Morgan fingerprint density at radius 1 is 1.19 bits per heavy atom. The van der Waals surface area contributed by atoms with Crippen LogP contribution in [0.25, 0.3) is 0 Å². The van der Waals surface area contributed by atoms with E-state index in [9.17, 15) is 9.18 Å². The molecule has 2 aromatic rings. The van der Waals surface area contributed by atoms with Crippen molar-refractivity contribution in [3.05, 3.63) is 51.8 Å². The molecule has 0 radical (unpaired) electrons. The maximum Gasteiger partial charge on any atom is 0.341 e. The lowest BCUT2D eigenvalue weighted by Crippen LogP contribution is -2.05. The topological polar surface area (TPSA) is 61.5 Å². The number of carbonyl (C=O) groups excluding carboxylic acids is 1. The number of rotatable bonds is 3. The number of halogens is 3. The highest BCUT2D eigenvalue weighted by Crippen LogP contribution is 2.36. The monoisotopic (exact) mass is 329 g/mol. The van der Waals surface area contributed by atoms with Crippen LogP contribution in [-0.4, -0.2) is 13.1 Å². The molecule has 21 heavy (non-hydrogen) atoms. The van der Waals surface area contributed by atoms with Gasteiger partial charge in [0.15, 0.2) is 5.75 Å². The number of nitrogen functional groups attached to an aromatic ring is 1. The van der Waals surface area contributed by atoms with E-state index < -0.39 is 11.8 Å². The fourth-order valence-corrected chi connectivity index (χ4v) is 2.07. The number of esters is 1. The zero-order chi connectivity index (χ0) is 15.6. The third-order valence-electron chi connectivity index (χ3n) is 2.58. The third-order valence-corrected chi connectivity index (χ3v) is 3.15. The minimum absolute atomic E-state index is 0.0559. The highest BCUT2D eigenvalue weighted by Gasteiger charge is 2.19. The molecule has 0 amide bonds. The van der Waals surface area contributed by atoms with E-state index in [2.05, 4.69) is 4.74 Å². The van der Waals surface area contributed by atoms with E-state index in [1.807, 2.05) is 0 Å². The van der Waals surface area contributed by atoms with E-state index in [1.165, 1.54) is 31.4 Å². The molecule has 0 fully saturated rings. The number of hydrogen-bond acceptors (Lipinski definition) is 4. The Kier molecular flexibility index (Phi) is 4.55. The molecule has 2 rings (SSSR count). The number of hydrogen-bond donors (Lipinski definition) is 1. The number of methoxy groups -OCH3 is 1. The third kappa shape index (κ3) is 3.37. The van der Waals surface area contributed by atoms with Gasteiger partial charge in [-0.1, -0.05) is 23.2 Å². The van der Waals surface area contributed by atoms with Crippen molar-refractivity contribution in [2.24, 2.45) is 0 Å². The van der Waals surface area contributed by atoms with E-state index in [-0.39, 0.29) is 32.8 Å². The quantitative estimate of drug-likeness (QED) is 0.673. The molecule has 2 N–H and O–H groups in total. The van der Waals surface area contributed by atoms with Gasteiger partial charge in [0.05, 0.1) is 17.2 Å². The summed E-state index contributed by atoms with van der Waals surface area (Å²) < 4.78 is 23.3. The fraction of sp³-hybridized carbons (Fsp3) is 0.0714. The van der Waals surface area contributed by atoms with E-state index in [0.717, 1.165) is 6.07 Å². The van der Waals surface area contributed by atoms with Crippen molar-refractivity contribution in [3.63, 3.8) is 0 Å². The molecule has 2 aromatic carbocycles. The molecule has 0 aliphatic heterocycles. The van der Waals surface area contributed by atoms with Crippen molar-refractivity contribution >= 4 is 34.9 Å². The summed E-state index contributed by atoms with van der Waals surface area (Å²) in [6.45, 7) is 0. The molecule has 0 unspecified atom stereocenters. The molecule has 0 aromatic heterocycles. The standard InChI is InChI=1S/C14H10Cl2FNO3/c1-20-14(19)9-4-7(18)5-11(16)13(9)21-8-2-3-12(17)10(15)6-8/h2-6H,18H2,1H3. The summed E-state index contributed by atoms with van der Waals surface area (Å²) in [6.07, 6.45) is 0. The van der Waals surface area contributed by atoms with Crippen LogP contribution in [-0.2, 0) is 4.74 Å². The molecule has 0 aliphatic rings. The average molecular weight is 330 g/mol. The largest absolute Gasteiger partial charge is 0.465 e. The summed E-state index contributed by atoms with van der Waals surface area (Å²) in [5.41, 5.74) is 5.98. The predicted octanol–water partition coefficient (Wildman–Crippen LogP) is 4.29. The first kappa shape index (κ1) is 15.4. The van der Waals surface area contributed by atoms with Gasteiger partial charge >= 0.3 is 5.97 Å². The van der Waals surface area contributed by atoms with Crippen LogP contribution < -0.4 is 10.5 Å². The van der Waals surface area contributed by atoms with E-state index >= 15 is 0 Å². The van der Waals surface area contributed by atoms with E-state index in [1.54, 1.807) is 0 Å². The molecule has 0 saturated carbocycles. The van der Waals surface area contributed by atoms with Crippen LogP contribution >= 0.6 is 23.2 Å². The fourth-order valence-electron chi connectivity index (χ4n) is 1.64. The molecule has 0 heterocycles. The van der Waals surface area contributed by atoms with Gasteiger partial charge in [-0.15, -0.1) is 0 Å². The van der Waals surface area contributed by atoms with Crippen LogP contribution in [0.15, 0.2) is 30.3 Å². The second-order valence-corrected chi connectivity index (χ2v) is 4.86. The lowest BCUT2D eigenvalue weighted by atomic mass is 10.1. The first-order valence-corrected chi connectivity index (χ1v) is 6.48. The molecule has 0 bridgehead atoms. The Hall–Kier alpha value is -1.98. The van der Waals surface area contributed by atoms with Gasteiger partial charge in [-0.2, -0.15) is 0 Å². The predicted molar refractivity (Wildman–Crippen MR) is 78.7 cm³/mol. The Balaban J connectivity index is 2.47. The molecule has 110 valence electrons. The summed E-state index contributed by atoms with van der Waals surface area (Å²) in [5.74, 6) is -0.966. The summed E-state index contributed by atoms with van der Waals surface area (Å²) in [7, 11) is 1.22.